The van der Waals surface area contributed by atoms with Crippen molar-refractivity contribution in [2.24, 2.45) is 0 Å². The van der Waals surface area contributed by atoms with Crippen LogP contribution in [0, 0.1) is 6.92 Å². The molecule has 0 unspecified atom stereocenters. The third-order valence-corrected chi connectivity index (χ3v) is 5.68. The van der Waals surface area contributed by atoms with Crippen LogP contribution in [0.3, 0.4) is 0 Å². The molecule has 0 spiro atoms. The van der Waals surface area contributed by atoms with Crippen molar-refractivity contribution in [1.82, 2.24) is 4.90 Å². The van der Waals surface area contributed by atoms with Crippen LogP contribution >= 0.6 is 27.7 Å². The quantitative estimate of drug-likeness (QED) is 0.759. The van der Waals surface area contributed by atoms with E-state index >= 15 is 0 Å². The van der Waals surface area contributed by atoms with Crippen molar-refractivity contribution in [3.63, 3.8) is 0 Å². The van der Waals surface area contributed by atoms with E-state index in [1.165, 1.54) is 11.1 Å². The summed E-state index contributed by atoms with van der Waals surface area (Å²) in [6.07, 6.45) is 0.975. The first-order valence-corrected chi connectivity index (χ1v) is 9.21. The van der Waals surface area contributed by atoms with E-state index in [2.05, 4.69) is 47.1 Å². The van der Waals surface area contributed by atoms with Crippen LogP contribution in [0.1, 0.15) is 33.4 Å². The van der Waals surface area contributed by atoms with Gasteiger partial charge in [-0.15, -0.1) is 0 Å². The lowest BCUT2D eigenvalue weighted by molar-refractivity contribution is 0.0733. The summed E-state index contributed by atoms with van der Waals surface area (Å²) in [4.78, 5) is 14.4. The van der Waals surface area contributed by atoms with Crippen LogP contribution in [0.2, 0.25) is 0 Å². The van der Waals surface area contributed by atoms with Crippen molar-refractivity contribution in [2.75, 3.05) is 18.8 Å². The third kappa shape index (κ3) is 3.41. The number of nitrogens with zero attached hydrogens (tertiary/aromatic N) is 1. The molecule has 1 aliphatic heterocycles. The molecule has 0 saturated carbocycles. The molecule has 2 heterocycles. The van der Waals surface area contributed by atoms with Gasteiger partial charge in [0, 0.05) is 24.1 Å². The van der Waals surface area contributed by atoms with Crippen LogP contribution in [0.25, 0.3) is 0 Å². The maximum absolute atomic E-state index is 12.5. The van der Waals surface area contributed by atoms with Crippen molar-refractivity contribution in [3.05, 3.63) is 58.0 Å². The Morgan fingerprint density at radius 1 is 1.27 bits per heavy atom. The molecule has 2 aromatic rings. The molecular weight excluding hydrogens is 362 g/mol. The third-order valence-electron chi connectivity index (χ3n) is 3.95. The summed E-state index contributed by atoms with van der Waals surface area (Å²) in [6, 6.07) is 12.0. The Kier molecular flexibility index (Phi) is 4.93. The highest BCUT2D eigenvalue weighted by atomic mass is 79.9. The van der Waals surface area contributed by atoms with E-state index in [0.717, 1.165) is 25.3 Å². The number of thioether (sulfide) groups is 1. The van der Waals surface area contributed by atoms with Gasteiger partial charge in [0.2, 0.25) is 0 Å². The lowest BCUT2D eigenvalue weighted by atomic mass is 10.0. The molecule has 1 aliphatic rings. The topological polar surface area (TPSA) is 33.5 Å². The molecule has 3 nitrogen and oxygen atoms in total. The molecular formula is C17H18BrNO2S. The molecule has 0 bridgehead atoms. The fraction of sp³-hybridized carbons (Fsp3) is 0.353. The van der Waals surface area contributed by atoms with Crippen molar-refractivity contribution < 1.29 is 9.21 Å². The van der Waals surface area contributed by atoms with Crippen molar-refractivity contribution >= 4 is 33.6 Å². The van der Waals surface area contributed by atoms with Gasteiger partial charge in [0.15, 0.2) is 10.4 Å². The predicted molar refractivity (Wildman–Crippen MR) is 93.3 cm³/mol. The standard InChI is InChI=1S/C17H18BrNO2S/c1-12-4-2-3-5-13(12)15-8-9-19(10-11-22-15)17(20)14-6-7-16(18)21-14/h2-7,15H,8-11H2,1H3/t15-/m1/s1. The normalized spacial score (nSPS) is 19.0. The SMILES string of the molecule is Cc1ccccc1[C@H]1CCN(C(=O)c2ccc(Br)o2)CCS1. The van der Waals surface area contributed by atoms with Gasteiger partial charge in [0.25, 0.3) is 5.91 Å². The van der Waals surface area contributed by atoms with Gasteiger partial charge >= 0.3 is 0 Å². The molecule has 22 heavy (non-hydrogen) atoms. The highest BCUT2D eigenvalue weighted by Crippen LogP contribution is 2.36. The number of benzene rings is 1. The van der Waals surface area contributed by atoms with Crippen molar-refractivity contribution in [3.8, 4) is 0 Å². The Bertz CT molecular complexity index is 670. The average Bonchev–Trinajstić information content (AvgIpc) is 2.81. The van der Waals surface area contributed by atoms with E-state index in [4.69, 9.17) is 4.42 Å². The van der Waals surface area contributed by atoms with Gasteiger partial charge in [-0.3, -0.25) is 4.79 Å². The zero-order valence-corrected chi connectivity index (χ0v) is 14.8. The number of carbonyl (C=O) groups excluding carboxylic acids is 1. The van der Waals surface area contributed by atoms with E-state index in [1.54, 1.807) is 12.1 Å². The van der Waals surface area contributed by atoms with E-state index < -0.39 is 0 Å². The van der Waals surface area contributed by atoms with Gasteiger partial charge in [0.1, 0.15) is 0 Å². The number of amides is 1. The van der Waals surface area contributed by atoms with Crippen LogP contribution in [0.4, 0.5) is 0 Å². The summed E-state index contributed by atoms with van der Waals surface area (Å²) in [5.74, 6) is 1.34. The van der Waals surface area contributed by atoms with Crippen LogP contribution in [-0.2, 0) is 0 Å². The summed E-state index contributed by atoms with van der Waals surface area (Å²) < 4.78 is 5.98. The second-order valence-corrected chi connectivity index (χ2v) is 7.49. The number of carbonyl (C=O) groups is 1. The number of aryl methyl sites for hydroxylation is 1. The molecule has 1 aromatic heterocycles. The largest absolute Gasteiger partial charge is 0.444 e. The Morgan fingerprint density at radius 3 is 2.82 bits per heavy atom. The summed E-state index contributed by atoms with van der Waals surface area (Å²) >= 11 is 5.19. The molecule has 1 saturated heterocycles. The fourth-order valence-electron chi connectivity index (χ4n) is 2.75. The minimum absolute atomic E-state index is 0.0169. The first-order valence-electron chi connectivity index (χ1n) is 7.37. The fourth-order valence-corrected chi connectivity index (χ4v) is 4.39. The summed E-state index contributed by atoms with van der Waals surface area (Å²) in [7, 11) is 0. The van der Waals surface area contributed by atoms with Gasteiger partial charge in [-0.1, -0.05) is 24.3 Å². The number of rotatable bonds is 2. The maximum Gasteiger partial charge on any atom is 0.289 e. The first kappa shape index (κ1) is 15.7. The highest BCUT2D eigenvalue weighted by molar-refractivity contribution is 9.10. The van der Waals surface area contributed by atoms with Crippen molar-refractivity contribution in [1.29, 1.82) is 0 Å². The summed E-state index contributed by atoms with van der Waals surface area (Å²) in [5, 5.41) is 0.460. The van der Waals surface area contributed by atoms with E-state index in [9.17, 15) is 4.79 Å². The Labute approximate surface area is 143 Å². The molecule has 116 valence electrons. The highest BCUT2D eigenvalue weighted by Gasteiger charge is 2.25. The zero-order chi connectivity index (χ0) is 15.5. The average molecular weight is 380 g/mol. The van der Waals surface area contributed by atoms with Gasteiger partial charge in [-0.05, 0) is 52.5 Å². The van der Waals surface area contributed by atoms with Gasteiger partial charge in [0.05, 0.1) is 0 Å². The van der Waals surface area contributed by atoms with Crippen LogP contribution < -0.4 is 0 Å². The smallest absolute Gasteiger partial charge is 0.289 e. The Balaban J connectivity index is 1.70. The number of halogens is 1. The molecule has 1 atom stereocenters. The Hall–Kier alpha value is -1.20. The number of hydrogen-bond acceptors (Lipinski definition) is 3. The van der Waals surface area contributed by atoms with E-state index in [1.807, 2.05) is 16.7 Å². The molecule has 3 rings (SSSR count). The molecule has 0 N–H and O–H groups in total. The summed E-state index contributed by atoms with van der Waals surface area (Å²) in [5.41, 5.74) is 2.72. The Morgan fingerprint density at radius 2 is 2.09 bits per heavy atom. The monoisotopic (exact) mass is 379 g/mol. The predicted octanol–water partition coefficient (Wildman–Crippen LogP) is 4.67. The first-order chi connectivity index (χ1) is 10.6. The van der Waals surface area contributed by atoms with E-state index in [-0.39, 0.29) is 5.91 Å². The van der Waals surface area contributed by atoms with Gasteiger partial charge < -0.3 is 9.32 Å². The molecule has 0 radical (unpaired) electrons. The number of hydrogen-bond donors (Lipinski definition) is 0. The molecule has 5 heteroatoms. The molecule has 1 fully saturated rings. The molecule has 1 amide bonds. The lowest BCUT2D eigenvalue weighted by Crippen LogP contribution is -2.32. The minimum Gasteiger partial charge on any atom is -0.444 e. The lowest BCUT2D eigenvalue weighted by Gasteiger charge is -2.19. The summed E-state index contributed by atoms with van der Waals surface area (Å²) in [6.45, 7) is 3.69. The van der Waals surface area contributed by atoms with Crippen LogP contribution in [0.5, 0.6) is 0 Å². The van der Waals surface area contributed by atoms with Gasteiger partial charge in [-0.25, -0.2) is 0 Å². The van der Waals surface area contributed by atoms with Gasteiger partial charge in [-0.2, -0.15) is 11.8 Å². The second kappa shape index (κ2) is 6.92. The molecule has 0 aliphatic carbocycles. The van der Waals surface area contributed by atoms with Crippen LogP contribution in [-0.4, -0.2) is 29.6 Å². The van der Waals surface area contributed by atoms with Crippen molar-refractivity contribution in [2.45, 2.75) is 18.6 Å². The zero-order valence-electron chi connectivity index (χ0n) is 12.4. The van der Waals surface area contributed by atoms with E-state index in [0.29, 0.717) is 15.7 Å². The second-order valence-electron chi connectivity index (χ2n) is 5.40. The molecule has 1 aromatic carbocycles. The van der Waals surface area contributed by atoms with Crippen LogP contribution in [0.15, 0.2) is 45.5 Å². The maximum atomic E-state index is 12.5. The minimum atomic E-state index is -0.0169. The number of furan rings is 1.